The van der Waals surface area contributed by atoms with Crippen LogP contribution in [0, 0.1) is 29.1 Å². The zero-order chi connectivity index (χ0) is 13.2. The number of rotatable bonds is 3. The van der Waals surface area contributed by atoms with Crippen LogP contribution in [0.1, 0.15) is 5.56 Å². The molecular formula is C10H5F5O2. The van der Waals surface area contributed by atoms with Crippen LogP contribution in [0.15, 0.2) is 12.2 Å². The molecule has 0 saturated carbocycles. The Morgan fingerprint density at radius 2 is 1.35 bits per heavy atom. The fourth-order valence-electron chi connectivity index (χ4n) is 1.11. The third kappa shape index (κ3) is 2.61. The van der Waals surface area contributed by atoms with Gasteiger partial charge in [0, 0.05) is 11.6 Å². The van der Waals surface area contributed by atoms with Crippen molar-refractivity contribution < 1.29 is 31.9 Å². The highest BCUT2D eigenvalue weighted by Crippen LogP contribution is 2.23. The lowest BCUT2D eigenvalue weighted by molar-refractivity contribution is -0.131. The zero-order valence-electron chi connectivity index (χ0n) is 8.11. The van der Waals surface area contributed by atoms with Crippen LogP contribution in [0.5, 0.6) is 0 Å². The summed E-state index contributed by atoms with van der Waals surface area (Å²) in [5, 5.41) is 8.20. The average molecular weight is 252 g/mol. The lowest BCUT2D eigenvalue weighted by Gasteiger charge is -2.05. The Hall–Kier alpha value is -1.92. The summed E-state index contributed by atoms with van der Waals surface area (Å²) in [6.07, 6.45) is 0.608. The monoisotopic (exact) mass is 252 g/mol. The first-order valence-electron chi connectivity index (χ1n) is 4.26. The molecule has 0 saturated heterocycles. The molecule has 0 radical (unpaired) electrons. The lowest BCUT2D eigenvalue weighted by atomic mass is 10.1. The van der Waals surface area contributed by atoms with Crippen LogP contribution in [0.4, 0.5) is 22.0 Å². The molecule has 0 amide bonds. The number of aliphatic carboxylic acids is 1. The quantitative estimate of drug-likeness (QED) is 0.388. The molecule has 0 unspecified atom stereocenters. The van der Waals surface area contributed by atoms with Crippen molar-refractivity contribution in [1.82, 2.24) is 0 Å². The number of allylic oxidation sites excluding steroid dienone is 1. The van der Waals surface area contributed by atoms with E-state index in [-0.39, 0.29) is 0 Å². The standard InChI is InChI=1S/C10H5F5O2/c11-6-4(2-1-3-5(16)17)7(12)9(14)10(15)8(6)13/h1,3H,2H2,(H,16,17). The van der Waals surface area contributed by atoms with Gasteiger partial charge in [0.05, 0.1) is 0 Å². The Bertz CT molecular complexity index is 467. The van der Waals surface area contributed by atoms with E-state index in [2.05, 4.69) is 0 Å². The molecule has 7 heteroatoms. The number of carboxylic acid groups (broad SMARTS) is 1. The van der Waals surface area contributed by atoms with Crippen LogP contribution >= 0.6 is 0 Å². The molecule has 17 heavy (non-hydrogen) atoms. The molecule has 1 rings (SSSR count). The molecule has 0 aliphatic carbocycles. The predicted molar refractivity (Wildman–Crippen MR) is 46.7 cm³/mol. The summed E-state index contributed by atoms with van der Waals surface area (Å²) < 4.78 is 64.0. The molecular weight excluding hydrogens is 247 g/mol. The van der Waals surface area contributed by atoms with Gasteiger partial charge in [-0.05, 0) is 6.42 Å². The summed E-state index contributed by atoms with van der Waals surface area (Å²) in [5.41, 5.74) is -1.07. The Kier molecular flexibility index (Phi) is 3.82. The molecule has 0 heterocycles. The maximum atomic E-state index is 13.0. The van der Waals surface area contributed by atoms with E-state index in [1.54, 1.807) is 0 Å². The Morgan fingerprint density at radius 1 is 0.941 bits per heavy atom. The van der Waals surface area contributed by atoms with Gasteiger partial charge in [0.15, 0.2) is 23.3 Å². The second-order valence-corrected chi connectivity index (χ2v) is 2.99. The predicted octanol–water partition coefficient (Wildman–Crippen LogP) is 2.57. The van der Waals surface area contributed by atoms with Crippen LogP contribution in [-0.4, -0.2) is 11.1 Å². The van der Waals surface area contributed by atoms with Gasteiger partial charge in [-0.1, -0.05) is 6.08 Å². The van der Waals surface area contributed by atoms with Gasteiger partial charge >= 0.3 is 5.97 Å². The van der Waals surface area contributed by atoms with E-state index < -0.39 is 47.0 Å². The van der Waals surface area contributed by atoms with Crippen molar-refractivity contribution in [3.63, 3.8) is 0 Å². The molecule has 0 atom stereocenters. The fourth-order valence-corrected chi connectivity index (χ4v) is 1.11. The average Bonchev–Trinajstić information content (AvgIpc) is 2.28. The minimum Gasteiger partial charge on any atom is -0.478 e. The van der Waals surface area contributed by atoms with Gasteiger partial charge in [0.1, 0.15) is 0 Å². The van der Waals surface area contributed by atoms with Gasteiger partial charge in [0.25, 0.3) is 0 Å². The van der Waals surface area contributed by atoms with Crippen LogP contribution < -0.4 is 0 Å². The SMILES string of the molecule is O=C(O)C=CCc1c(F)c(F)c(F)c(F)c1F. The van der Waals surface area contributed by atoms with E-state index in [0.29, 0.717) is 6.08 Å². The maximum Gasteiger partial charge on any atom is 0.327 e. The minimum atomic E-state index is -2.24. The molecule has 92 valence electrons. The van der Waals surface area contributed by atoms with Gasteiger partial charge < -0.3 is 5.11 Å². The lowest BCUT2D eigenvalue weighted by Crippen LogP contribution is -2.06. The molecule has 1 aromatic rings. The molecule has 1 N–H and O–H groups in total. The number of carbonyl (C=O) groups is 1. The first kappa shape index (κ1) is 13.1. The highest BCUT2D eigenvalue weighted by Gasteiger charge is 2.24. The van der Waals surface area contributed by atoms with Crippen molar-refractivity contribution in [3.05, 3.63) is 46.8 Å². The van der Waals surface area contributed by atoms with E-state index >= 15 is 0 Å². The van der Waals surface area contributed by atoms with E-state index in [9.17, 15) is 26.7 Å². The number of benzene rings is 1. The van der Waals surface area contributed by atoms with Gasteiger partial charge in [0.2, 0.25) is 5.82 Å². The van der Waals surface area contributed by atoms with E-state index in [4.69, 9.17) is 5.11 Å². The van der Waals surface area contributed by atoms with Crippen molar-refractivity contribution in [3.8, 4) is 0 Å². The highest BCUT2D eigenvalue weighted by atomic mass is 19.2. The molecule has 0 bridgehead atoms. The summed E-state index contributed by atoms with van der Waals surface area (Å²) in [4.78, 5) is 10.1. The van der Waals surface area contributed by atoms with Crippen molar-refractivity contribution >= 4 is 5.97 Å². The molecule has 1 aromatic carbocycles. The summed E-state index contributed by atoms with van der Waals surface area (Å²) in [6, 6.07) is 0. The Labute approximate surface area is 92.0 Å². The topological polar surface area (TPSA) is 37.3 Å². The smallest absolute Gasteiger partial charge is 0.327 e. The second-order valence-electron chi connectivity index (χ2n) is 2.99. The summed E-state index contributed by atoms with van der Waals surface area (Å²) >= 11 is 0. The Morgan fingerprint density at radius 3 is 1.76 bits per heavy atom. The molecule has 0 aromatic heterocycles. The minimum absolute atomic E-state index is 0.540. The summed E-state index contributed by atoms with van der Waals surface area (Å²) in [5.74, 6) is -11.7. The number of hydrogen-bond donors (Lipinski definition) is 1. The first-order valence-corrected chi connectivity index (χ1v) is 4.26. The van der Waals surface area contributed by atoms with Crippen molar-refractivity contribution in [2.45, 2.75) is 6.42 Å². The largest absolute Gasteiger partial charge is 0.478 e. The number of hydrogen-bond acceptors (Lipinski definition) is 1. The van der Waals surface area contributed by atoms with Crippen LogP contribution in [0.3, 0.4) is 0 Å². The summed E-state index contributed by atoms with van der Waals surface area (Å²) in [7, 11) is 0. The van der Waals surface area contributed by atoms with Crippen molar-refractivity contribution in [2.75, 3.05) is 0 Å². The highest BCUT2D eigenvalue weighted by molar-refractivity contribution is 5.79. The third-order valence-corrected chi connectivity index (χ3v) is 1.88. The van der Waals surface area contributed by atoms with Crippen molar-refractivity contribution in [1.29, 1.82) is 0 Å². The number of halogens is 5. The molecule has 0 spiro atoms. The normalized spacial score (nSPS) is 11.1. The molecule has 0 aliphatic rings. The Balaban J connectivity index is 3.20. The van der Waals surface area contributed by atoms with Crippen molar-refractivity contribution in [2.24, 2.45) is 0 Å². The van der Waals surface area contributed by atoms with Crippen LogP contribution in [0.2, 0.25) is 0 Å². The second kappa shape index (κ2) is 4.94. The van der Waals surface area contributed by atoms with Crippen LogP contribution in [0.25, 0.3) is 0 Å². The third-order valence-electron chi connectivity index (χ3n) is 1.88. The van der Waals surface area contributed by atoms with Gasteiger partial charge in [-0.2, -0.15) is 0 Å². The number of carboxylic acids is 1. The summed E-state index contributed by atoms with van der Waals surface area (Å²) in [6.45, 7) is 0. The van der Waals surface area contributed by atoms with Gasteiger partial charge in [-0.15, -0.1) is 0 Å². The maximum absolute atomic E-state index is 13.0. The molecule has 0 fully saturated rings. The zero-order valence-corrected chi connectivity index (χ0v) is 8.11. The van der Waals surface area contributed by atoms with Gasteiger partial charge in [-0.25, -0.2) is 26.7 Å². The molecule has 0 aliphatic heterocycles. The van der Waals surface area contributed by atoms with Crippen LogP contribution in [-0.2, 0) is 11.2 Å². The first-order chi connectivity index (χ1) is 7.86. The van der Waals surface area contributed by atoms with E-state index in [0.717, 1.165) is 6.08 Å². The fraction of sp³-hybridized carbons (Fsp3) is 0.100. The molecule has 2 nitrogen and oxygen atoms in total. The van der Waals surface area contributed by atoms with Gasteiger partial charge in [-0.3, -0.25) is 0 Å². The van der Waals surface area contributed by atoms with E-state index in [1.165, 1.54) is 0 Å². The van der Waals surface area contributed by atoms with E-state index in [1.807, 2.05) is 0 Å².